The number of aromatic nitrogens is 1. The number of fused-ring (bicyclic) bond motifs is 1. The van der Waals surface area contributed by atoms with Crippen molar-refractivity contribution in [3.63, 3.8) is 0 Å². The summed E-state index contributed by atoms with van der Waals surface area (Å²) in [5.74, 6) is 0. The Balaban J connectivity index is 2.34. The van der Waals surface area contributed by atoms with E-state index in [4.69, 9.17) is 0 Å². The molecule has 1 heterocycles. The third kappa shape index (κ3) is 1.66. The zero-order chi connectivity index (χ0) is 9.97. The molecule has 1 aromatic carbocycles. The van der Waals surface area contributed by atoms with Crippen LogP contribution in [0.3, 0.4) is 0 Å². The summed E-state index contributed by atoms with van der Waals surface area (Å²) in [4.78, 5) is 3.26. The molecule has 0 bridgehead atoms. The lowest BCUT2D eigenvalue weighted by Gasteiger charge is -2.01. The Bertz CT molecular complexity index is 429. The minimum Gasteiger partial charge on any atom is -0.361 e. The number of likely N-dealkylation sites (N-methyl/N-ethyl adjacent to an activating group) is 1. The highest BCUT2D eigenvalue weighted by molar-refractivity contribution is 5.83. The van der Waals surface area contributed by atoms with Crippen molar-refractivity contribution in [1.29, 1.82) is 0 Å². The number of aryl methyl sites for hydroxylation is 1. The highest BCUT2D eigenvalue weighted by atomic mass is 14.8. The number of benzene rings is 1. The van der Waals surface area contributed by atoms with Gasteiger partial charge in [0.2, 0.25) is 0 Å². The van der Waals surface area contributed by atoms with Gasteiger partial charge in [-0.15, -0.1) is 0 Å². The summed E-state index contributed by atoms with van der Waals surface area (Å²) in [5.41, 5.74) is 3.96. The summed E-state index contributed by atoms with van der Waals surface area (Å²) < 4.78 is 0. The van der Waals surface area contributed by atoms with E-state index < -0.39 is 0 Å². The Morgan fingerprint density at radius 3 is 3.00 bits per heavy atom. The van der Waals surface area contributed by atoms with Gasteiger partial charge in [0.25, 0.3) is 0 Å². The molecule has 0 saturated carbocycles. The van der Waals surface area contributed by atoms with E-state index in [0.29, 0.717) is 0 Å². The number of hydrogen-bond acceptors (Lipinski definition) is 1. The first-order valence-electron chi connectivity index (χ1n) is 5.02. The van der Waals surface area contributed by atoms with Crippen molar-refractivity contribution < 1.29 is 0 Å². The molecule has 0 aliphatic rings. The van der Waals surface area contributed by atoms with Crippen molar-refractivity contribution in [2.45, 2.75) is 13.3 Å². The maximum absolute atomic E-state index is 3.26. The maximum Gasteiger partial charge on any atom is 0.0456 e. The summed E-state index contributed by atoms with van der Waals surface area (Å²) >= 11 is 0. The summed E-state index contributed by atoms with van der Waals surface area (Å²) in [6, 6.07) is 6.63. The summed E-state index contributed by atoms with van der Waals surface area (Å²) in [6.07, 6.45) is 3.16. The Kier molecular flexibility index (Phi) is 2.55. The number of aromatic amines is 1. The van der Waals surface area contributed by atoms with Crippen LogP contribution >= 0.6 is 0 Å². The lowest BCUT2D eigenvalue weighted by atomic mass is 10.1. The number of rotatable bonds is 3. The molecule has 74 valence electrons. The van der Waals surface area contributed by atoms with Crippen LogP contribution in [0.25, 0.3) is 10.9 Å². The Labute approximate surface area is 84.3 Å². The number of nitrogens with one attached hydrogen (secondary N) is 2. The smallest absolute Gasteiger partial charge is 0.0456 e. The van der Waals surface area contributed by atoms with E-state index in [1.807, 2.05) is 7.05 Å². The molecule has 0 spiro atoms. The SMILES string of the molecule is CNCCc1ccc2[nH]cc(C)c2c1. The van der Waals surface area contributed by atoms with Crippen LogP contribution in [0.1, 0.15) is 11.1 Å². The van der Waals surface area contributed by atoms with Crippen molar-refractivity contribution in [3.05, 3.63) is 35.5 Å². The molecule has 0 amide bonds. The monoisotopic (exact) mass is 188 g/mol. The number of H-pyrrole nitrogens is 1. The van der Waals surface area contributed by atoms with Crippen LogP contribution in [0.5, 0.6) is 0 Å². The van der Waals surface area contributed by atoms with Gasteiger partial charge < -0.3 is 10.3 Å². The van der Waals surface area contributed by atoms with Gasteiger partial charge >= 0.3 is 0 Å². The Morgan fingerprint density at radius 1 is 1.36 bits per heavy atom. The van der Waals surface area contributed by atoms with Gasteiger partial charge in [-0.2, -0.15) is 0 Å². The lowest BCUT2D eigenvalue weighted by molar-refractivity contribution is 0.792. The number of hydrogen-bond donors (Lipinski definition) is 2. The second-order valence-electron chi connectivity index (χ2n) is 3.71. The highest BCUT2D eigenvalue weighted by Crippen LogP contribution is 2.18. The molecule has 0 atom stereocenters. The molecule has 2 heteroatoms. The molecule has 0 unspecified atom stereocenters. The van der Waals surface area contributed by atoms with Gasteiger partial charge in [-0.1, -0.05) is 6.07 Å². The van der Waals surface area contributed by atoms with Gasteiger partial charge in [0.1, 0.15) is 0 Å². The van der Waals surface area contributed by atoms with Crippen LogP contribution in [-0.4, -0.2) is 18.6 Å². The van der Waals surface area contributed by atoms with Crippen molar-refractivity contribution in [2.75, 3.05) is 13.6 Å². The summed E-state index contributed by atoms with van der Waals surface area (Å²) in [7, 11) is 1.99. The van der Waals surface area contributed by atoms with Gasteiger partial charge in [0, 0.05) is 17.1 Å². The first-order valence-corrected chi connectivity index (χ1v) is 5.02. The molecule has 0 saturated heterocycles. The topological polar surface area (TPSA) is 27.8 Å². The third-order valence-electron chi connectivity index (χ3n) is 2.62. The van der Waals surface area contributed by atoms with E-state index in [1.165, 1.54) is 22.0 Å². The highest BCUT2D eigenvalue weighted by Gasteiger charge is 2.00. The molecule has 0 aliphatic heterocycles. The van der Waals surface area contributed by atoms with E-state index >= 15 is 0 Å². The predicted octanol–water partition coefficient (Wildman–Crippen LogP) is 2.24. The molecule has 2 aromatic rings. The zero-order valence-corrected chi connectivity index (χ0v) is 8.72. The normalized spacial score (nSPS) is 11.0. The van der Waals surface area contributed by atoms with Crippen LogP contribution in [0.15, 0.2) is 24.4 Å². The fraction of sp³-hybridized carbons (Fsp3) is 0.333. The molecule has 14 heavy (non-hydrogen) atoms. The summed E-state index contributed by atoms with van der Waals surface area (Å²) in [6.45, 7) is 3.18. The summed E-state index contributed by atoms with van der Waals surface area (Å²) in [5, 5.41) is 4.51. The zero-order valence-electron chi connectivity index (χ0n) is 8.72. The molecule has 2 rings (SSSR count). The molecular weight excluding hydrogens is 172 g/mol. The average Bonchev–Trinajstić information content (AvgIpc) is 2.57. The molecule has 0 aliphatic carbocycles. The van der Waals surface area contributed by atoms with Crippen LogP contribution in [0.2, 0.25) is 0 Å². The molecule has 0 radical (unpaired) electrons. The average molecular weight is 188 g/mol. The van der Waals surface area contributed by atoms with Crippen molar-refractivity contribution in [3.8, 4) is 0 Å². The lowest BCUT2D eigenvalue weighted by Crippen LogP contribution is -2.10. The second-order valence-corrected chi connectivity index (χ2v) is 3.71. The van der Waals surface area contributed by atoms with Gasteiger partial charge in [-0.3, -0.25) is 0 Å². The van der Waals surface area contributed by atoms with Crippen LogP contribution in [-0.2, 0) is 6.42 Å². The minimum absolute atomic E-state index is 1.04. The van der Waals surface area contributed by atoms with E-state index in [2.05, 4.69) is 41.6 Å². The van der Waals surface area contributed by atoms with Gasteiger partial charge in [-0.25, -0.2) is 0 Å². The van der Waals surface area contributed by atoms with Crippen LogP contribution < -0.4 is 5.32 Å². The molecule has 2 nitrogen and oxygen atoms in total. The molecule has 1 aromatic heterocycles. The van der Waals surface area contributed by atoms with Crippen LogP contribution in [0.4, 0.5) is 0 Å². The largest absolute Gasteiger partial charge is 0.361 e. The van der Waals surface area contributed by atoms with Crippen molar-refractivity contribution >= 4 is 10.9 Å². The second kappa shape index (κ2) is 3.84. The standard InChI is InChI=1S/C12H16N2/c1-9-8-14-12-4-3-10(5-6-13-2)7-11(9)12/h3-4,7-8,13-14H,5-6H2,1-2H3. The Morgan fingerprint density at radius 2 is 2.21 bits per heavy atom. The quantitative estimate of drug-likeness (QED) is 0.759. The van der Waals surface area contributed by atoms with E-state index in [-0.39, 0.29) is 0 Å². The van der Waals surface area contributed by atoms with E-state index in [9.17, 15) is 0 Å². The Hall–Kier alpha value is -1.28. The van der Waals surface area contributed by atoms with Crippen molar-refractivity contribution in [1.82, 2.24) is 10.3 Å². The fourth-order valence-electron chi connectivity index (χ4n) is 1.73. The first-order chi connectivity index (χ1) is 6.81. The molecule has 0 fully saturated rings. The van der Waals surface area contributed by atoms with E-state index in [1.54, 1.807) is 0 Å². The maximum atomic E-state index is 3.26. The fourth-order valence-corrected chi connectivity index (χ4v) is 1.73. The van der Waals surface area contributed by atoms with Gasteiger partial charge in [0.15, 0.2) is 0 Å². The predicted molar refractivity (Wildman–Crippen MR) is 60.7 cm³/mol. The van der Waals surface area contributed by atoms with Gasteiger partial charge in [0.05, 0.1) is 0 Å². The molecular formula is C12H16N2. The van der Waals surface area contributed by atoms with Crippen LogP contribution in [0, 0.1) is 6.92 Å². The first kappa shape index (κ1) is 9.28. The molecule has 2 N–H and O–H groups in total. The minimum atomic E-state index is 1.04. The van der Waals surface area contributed by atoms with E-state index in [0.717, 1.165) is 13.0 Å². The third-order valence-corrected chi connectivity index (χ3v) is 2.62. The van der Waals surface area contributed by atoms with Gasteiger partial charge in [-0.05, 0) is 50.2 Å². The van der Waals surface area contributed by atoms with Crippen molar-refractivity contribution in [2.24, 2.45) is 0 Å².